The second kappa shape index (κ2) is 5.65. The van der Waals surface area contributed by atoms with Crippen LogP contribution in [0.1, 0.15) is 6.92 Å². The van der Waals surface area contributed by atoms with Gasteiger partial charge in [-0.05, 0) is 15.9 Å². The lowest BCUT2D eigenvalue weighted by atomic mass is 10.6. The van der Waals surface area contributed by atoms with Gasteiger partial charge in [0.1, 0.15) is 0 Å². The molecule has 2 amide bonds. The van der Waals surface area contributed by atoms with E-state index in [1.54, 1.807) is 6.08 Å². The van der Waals surface area contributed by atoms with Crippen LogP contribution in [0, 0.1) is 0 Å². The summed E-state index contributed by atoms with van der Waals surface area (Å²) < 4.78 is 0.0950. The van der Waals surface area contributed by atoms with Crippen molar-refractivity contribution in [3.63, 3.8) is 0 Å². The first-order valence-corrected chi connectivity index (χ1v) is 4.00. The summed E-state index contributed by atoms with van der Waals surface area (Å²) in [6.45, 7) is 5.02. The molecule has 0 saturated carbocycles. The minimum atomic E-state index is -0.538. The summed E-state index contributed by atoms with van der Waals surface area (Å²) in [5.41, 5.74) is 0. The van der Waals surface area contributed by atoms with Crippen LogP contribution in [0.15, 0.2) is 17.6 Å². The van der Waals surface area contributed by atoms with Crippen molar-refractivity contribution in [1.29, 1.82) is 0 Å². The van der Waals surface area contributed by atoms with E-state index in [0.29, 0.717) is 6.54 Å². The minimum Gasteiger partial charge on any atom is -0.291 e. The van der Waals surface area contributed by atoms with E-state index in [0.717, 1.165) is 0 Å². The first-order chi connectivity index (χ1) is 5.57. The highest BCUT2D eigenvalue weighted by atomic mass is 79.9. The zero-order chi connectivity index (χ0) is 9.56. The molecule has 0 aliphatic rings. The second-order valence-corrected chi connectivity index (χ2v) is 2.68. The van der Waals surface area contributed by atoms with Gasteiger partial charge in [0, 0.05) is 6.92 Å². The molecule has 0 aromatic carbocycles. The number of nitrogens with zero attached hydrogens (tertiary/aromatic N) is 1. The van der Waals surface area contributed by atoms with Gasteiger partial charge < -0.3 is 0 Å². The van der Waals surface area contributed by atoms with Gasteiger partial charge in [-0.3, -0.25) is 19.9 Å². The van der Waals surface area contributed by atoms with Crippen molar-refractivity contribution >= 4 is 32.4 Å². The molecule has 0 bridgehead atoms. The molecule has 5 heteroatoms. The third-order valence-electron chi connectivity index (χ3n) is 0.836. The lowest BCUT2D eigenvalue weighted by Gasteiger charge is -1.96. The summed E-state index contributed by atoms with van der Waals surface area (Å²) in [4.78, 5) is 25.1. The number of carbonyl (C=O) groups excluding carboxylic acids is 2. The molecule has 0 atom stereocenters. The molecule has 0 aromatic heterocycles. The third kappa shape index (κ3) is 4.79. The molecule has 0 saturated heterocycles. The van der Waals surface area contributed by atoms with E-state index in [1.165, 1.54) is 6.92 Å². The Hall–Kier alpha value is -0.970. The van der Waals surface area contributed by atoms with Crippen LogP contribution in [-0.2, 0) is 9.59 Å². The van der Waals surface area contributed by atoms with Gasteiger partial charge in [0.25, 0.3) is 5.91 Å². The smallest absolute Gasteiger partial charge is 0.283 e. The minimum absolute atomic E-state index is 0.0950. The Morgan fingerprint density at radius 3 is 2.67 bits per heavy atom. The Morgan fingerprint density at radius 2 is 2.25 bits per heavy atom. The highest BCUT2D eigenvalue weighted by Gasteiger charge is 2.07. The molecule has 0 aliphatic heterocycles. The number of hydrogen-bond acceptors (Lipinski definition) is 3. The molecule has 0 heterocycles. The van der Waals surface area contributed by atoms with E-state index in [1.807, 2.05) is 0 Å². The third-order valence-corrected chi connectivity index (χ3v) is 1.45. The normalized spacial score (nSPS) is 10.7. The van der Waals surface area contributed by atoms with Crippen LogP contribution < -0.4 is 5.32 Å². The molecular formula is C7H9BrN2O2. The Kier molecular flexibility index (Phi) is 5.19. The van der Waals surface area contributed by atoms with Gasteiger partial charge in [-0.15, -0.1) is 6.58 Å². The van der Waals surface area contributed by atoms with E-state index >= 15 is 0 Å². The molecule has 1 N–H and O–H groups in total. The molecule has 0 radical (unpaired) electrons. The van der Waals surface area contributed by atoms with Crippen molar-refractivity contribution in [2.24, 2.45) is 4.99 Å². The van der Waals surface area contributed by atoms with E-state index in [2.05, 4.69) is 32.8 Å². The fourth-order valence-electron chi connectivity index (χ4n) is 0.428. The largest absolute Gasteiger partial charge is 0.291 e. The number of carbonyl (C=O) groups is 2. The molecule has 4 nitrogen and oxygen atoms in total. The Bertz CT molecular complexity index is 236. The Morgan fingerprint density at radius 1 is 1.67 bits per heavy atom. The number of hydrogen-bond donors (Lipinski definition) is 1. The van der Waals surface area contributed by atoms with E-state index in [4.69, 9.17) is 0 Å². The maximum Gasteiger partial charge on any atom is 0.283 e. The maximum absolute atomic E-state index is 10.9. The van der Waals surface area contributed by atoms with Crippen molar-refractivity contribution in [1.82, 2.24) is 5.32 Å². The number of rotatable bonds is 3. The van der Waals surface area contributed by atoms with Gasteiger partial charge in [0.2, 0.25) is 5.91 Å². The van der Waals surface area contributed by atoms with Crippen LogP contribution in [-0.4, -0.2) is 23.0 Å². The highest BCUT2D eigenvalue weighted by Crippen LogP contribution is 1.90. The SMILES string of the molecule is C=CCN=C(Br)C(=O)NC(C)=O. The summed E-state index contributed by atoms with van der Waals surface area (Å²) in [6.07, 6.45) is 1.54. The van der Waals surface area contributed by atoms with Crippen molar-refractivity contribution in [3.8, 4) is 0 Å². The van der Waals surface area contributed by atoms with Gasteiger partial charge in [-0.1, -0.05) is 6.08 Å². The molecule has 0 rings (SSSR count). The highest BCUT2D eigenvalue weighted by molar-refractivity contribution is 9.19. The standard InChI is InChI=1S/C7H9BrN2O2/c1-3-4-9-6(8)7(12)10-5(2)11/h3H,1,4H2,2H3,(H,10,11,12). The topological polar surface area (TPSA) is 58.5 Å². The second-order valence-electron chi connectivity index (χ2n) is 1.93. The first-order valence-electron chi connectivity index (χ1n) is 3.20. The molecule has 0 unspecified atom stereocenters. The monoisotopic (exact) mass is 232 g/mol. The quantitative estimate of drug-likeness (QED) is 0.574. The van der Waals surface area contributed by atoms with E-state index < -0.39 is 11.8 Å². The van der Waals surface area contributed by atoms with Crippen LogP contribution in [0.4, 0.5) is 0 Å². The van der Waals surface area contributed by atoms with Crippen molar-refractivity contribution < 1.29 is 9.59 Å². The van der Waals surface area contributed by atoms with E-state index in [-0.39, 0.29) is 4.62 Å². The maximum atomic E-state index is 10.9. The average molecular weight is 233 g/mol. The number of amides is 2. The predicted molar refractivity (Wildman–Crippen MR) is 50.2 cm³/mol. The zero-order valence-electron chi connectivity index (χ0n) is 6.63. The fourth-order valence-corrected chi connectivity index (χ4v) is 0.672. The summed E-state index contributed by atoms with van der Waals surface area (Å²) in [5, 5.41) is 2.06. The van der Waals surface area contributed by atoms with Gasteiger partial charge in [0.15, 0.2) is 4.62 Å². The van der Waals surface area contributed by atoms with Gasteiger partial charge in [-0.2, -0.15) is 0 Å². The van der Waals surface area contributed by atoms with Gasteiger partial charge in [0.05, 0.1) is 6.54 Å². The first kappa shape index (κ1) is 11.0. The summed E-state index contributed by atoms with van der Waals surface area (Å²) >= 11 is 2.91. The van der Waals surface area contributed by atoms with Crippen LogP contribution in [0.5, 0.6) is 0 Å². The van der Waals surface area contributed by atoms with E-state index in [9.17, 15) is 9.59 Å². The lowest BCUT2D eigenvalue weighted by Crippen LogP contribution is -2.31. The Balaban J connectivity index is 4.09. The summed E-state index contributed by atoms with van der Waals surface area (Å²) in [6, 6.07) is 0. The van der Waals surface area contributed by atoms with Gasteiger partial charge >= 0.3 is 0 Å². The number of aliphatic imine (C=N–C) groups is 1. The molecular weight excluding hydrogens is 224 g/mol. The lowest BCUT2D eigenvalue weighted by molar-refractivity contribution is -0.125. The molecule has 0 spiro atoms. The molecule has 0 fully saturated rings. The van der Waals surface area contributed by atoms with Crippen LogP contribution in [0.3, 0.4) is 0 Å². The van der Waals surface area contributed by atoms with Crippen LogP contribution in [0.2, 0.25) is 0 Å². The fraction of sp³-hybridized carbons (Fsp3) is 0.286. The predicted octanol–water partition coefficient (Wildman–Crippen LogP) is 0.629. The number of imide groups is 1. The molecule has 12 heavy (non-hydrogen) atoms. The van der Waals surface area contributed by atoms with Crippen LogP contribution >= 0.6 is 15.9 Å². The summed E-state index contributed by atoms with van der Waals surface area (Å²) in [5.74, 6) is -0.949. The molecule has 66 valence electrons. The molecule has 0 aromatic rings. The van der Waals surface area contributed by atoms with Crippen molar-refractivity contribution in [3.05, 3.63) is 12.7 Å². The van der Waals surface area contributed by atoms with Gasteiger partial charge in [-0.25, -0.2) is 0 Å². The average Bonchev–Trinajstić information content (AvgIpc) is 1.98. The Labute approximate surface area is 78.9 Å². The summed E-state index contributed by atoms with van der Waals surface area (Å²) in [7, 11) is 0. The molecule has 0 aliphatic carbocycles. The zero-order valence-corrected chi connectivity index (χ0v) is 8.22. The number of nitrogens with one attached hydrogen (secondary N) is 1. The number of halogens is 1. The van der Waals surface area contributed by atoms with Crippen molar-refractivity contribution in [2.45, 2.75) is 6.92 Å². The van der Waals surface area contributed by atoms with Crippen LogP contribution in [0.25, 0.3) is 0 Å². The van der Waals surface area contributed by atoms with Crippen molar-refractivity contribution in [2.75, 3.05) is 6.54 Å².